The maximum absolute atomic E-state index is 14.1. The highest BCUT2D eigenvalue weighted by Gasteiger charge is 2.46. The van der Waals surface area contributed by atoms with Crippen LogP contribution in [0.25, 0.3) is 15.7 Å². The largest absolute Gasteiger partial charge is 0.371 e. The summed E-state index contributed by atoms with van der Waals surface area (Å²) in [6.07, 6.45) is 8.90. The van der Waals surface area contributed by atoms with Crippen molar-refractivity contribution in [2.75, 3.05) is 44.2 Å². The molecule has 13 nitrogen and oxygen atoms in total. The molecular weight excluding hydrogens is 807 g/mol. The molecule has 9 rings (SSSR count). The average Bonchev–Trinajstić information content (AvgIpc) is 3.82. The van der Waals surface area contributed by atoms with Gasteiger partial charge in [0, 0.05) is 91.4 Å². The SMILES string of the molecule is [C-]#[N+]c1ccc2c3c([nH]c2c1)C(C)(C)c1cc(N2CCC(N4CCN(C(=O)CCCCCCCc5cccc6c5C(=O)N(C5CCC(=O)NC5=O)C6=O)CC4)CC2)c(CC)cc1C3=O. The van der Waals surface area contributed by atoms with Crippen LogP contribution in [0.2, 0.25) is 0 Å². The van der Waals surface area contributed by atoms with Crippen molar-refractivity contribution in [1.29, 1.82) is 0 Å². The number of amides is 5. The molecule has 1 unspecified atom stereocenters. The molecule has 3 saturated heterocycles. The van der Waals surface area contributed by atoms with Gasteiger partial charge in [-0.25, -0.2) is 4.85 Å². The van der Waals surface area contributed by atoms with Crippen molar-refractivity contribution < 1.29 is 28.8 Å². The molecule has 13 heteroatoms. The topological polar surface area (TPSA) is 148 Å². The van der Waals surface area contributed by atoms with Gasteiger partial charge in [0.1, 0.15) is 6.04 Å². The van der Waals surface area contributed by atoms with Crippen molar-refractivity contribution in [3.05, 3.63) is 105 Å². The second-order valence-electron chi connectivity index (χ2n) is 18.7. The molecule has 2 N–H and O–H groups in total. The number of piperidine rings is 2. The lowest BCUT2D eigenvalue weighted by atomic mass is 9.70. The van der Waals surface area contributed by atoms with E-state index >= 15 is 0 Å². The minimum absolute atomic E-state index is 0.0485. The van der Waals surface area contributed by atoms with Crippen LogP contribution in [0.1, 0.15) is 144 Å². The Bertz CT molecular complexity index is 2620. The van der Waals surface area contributed by atoms with Crippen LogP contribution >= 0.6 is 0 Å². The monoisotopic (exact) mass is 863 g/mol. The number of H-pyrrole nitrogens is 1. The Labute approximate surface area is 374 Å². The summed E-state index contributed by atoms with van der Waals surface area (Å²) in [5.74, 6) is -1.66. The zero-order valence-corrected chi connectivity index (χ0v) is 37.2. The lowest BCUT2D eigenvalue weighted by Crippen LogP contribution is -2.54. The van der Waals surface area contributed by atoms with E-state index in [0.717, 1.165) is 134 Å². The summed E-state index contributed by atoms with van der Waals surface area (Å²) in [7, 11) is 0. The van der Waals surface area contributed by atoms with Crippen LogP contribution in [-0.4, -0.2) is 106 Å². The Balaban J connectivity index is 0.715. The van der Waals surface area contributed by atoms with Gasteiger partial charge in [-0.2, -0.15) is 0 Å². The van der Waals surface area contributed by atoms with Crippen molar-refractivity contribution in [2.24, 2.45) is 0 Å². The molecule has 0 spiro atoms. The Morgan fingerprint density at radius 2 is 1.56 bits per heavy atom. The number of nitrogens with one attached hydrogen (secondary N) is 2. The Morgan fingerprint density at radius 3 is 2.30 bits per heavy atom. The normalized spacial score (nSPS) is 20.1. The first-order valence-corrected chi connectivity index (χ1v) is 23.3. The Kier molecular flexibility index (Phi) is 11.8. The second kappa shape index (κ2) is 17.4. The third kappa shape index (κ3) is 7.69. The highest BCUT2D eigenvalue weighted by molar-refractivity contribution is 6.24. The van der Waals surface area contributed by atoms with E-state index in [0.29, 0.717) is 35.7 Å². The zero-order chi connectivity index (χ0) is 44.9. The number of aryl methyl sites for hydroxylation is 2. The predicted octanol–water partition coefficient (Wildman–Crippen LogP) is 7.25. The molecule has 64 heavy (non-hydrogen) atoms. The third-order valence-electron chi connectivity index (χ3n) is 14.7. The van der Waals surface area contributed by atoms with Crippen molar-refractivity contribution in [3.63, 3.8) is 0 Å². The number of imide groups is 2. The summed E-state index contributed by atoms with van der Waals surface area (Å²) < 4.78 is 0. The molecule has 3 fully saturated rings. The number of fused-ring (bicyclic) bond motifs is 5. The van der Waals surface area contributed by atoms with Gasteiger partial charge in [0.2, 0.25) is 17.7 Å². The maximum atomic E-state index is 14.1. The number of anilines is 1. The van der Waals surface area contributed by atoms with Crippen LogP contribution in [0.4, 0.5) is 11.4 Å². The molecule has 1 aromatic heterocycles. The quantitative estimate of drug-likeness (QED) is 0.0861. The Hall–Kier alpha value is -6.13. The molecule has 4 aliphatic heterocycles. The molecule has 4 aromatic rings. The van der Waals surface area contributed by atoms with Crippen molar-refractivity contribution in [2.45, 2.75) is 115 Å². The van der Waals surface area contributed by atoms with E-state index in [1.54, 1.807) is 18.2 Å². The van der Waals surface area contributed by atoms with E-state index in [9.17, 15) is 28.8 Å². The number of aromatic amines is 1. The highest BCUT2D eigenvalue weighted by atomic mass is 16.2. The van der Waals surface area contributed by atoms with Crippen LogP contribution in [-0.2, 0) is 32.6 Å². The number of nitrogens with zero attached hydrogens (tertiary/aromatic N) is 5. The number of hydrogen-bond donors (Lipinski definition) is 2. The third-order valence-corrected chi connectivity index (χ3v) is 14.7. The van der Waals surface area contributed by atoms with E-state index in [1.807, 2.05) is 23.1 Å². The van der Waals surface area contributed by atoms with Gasteiger partial charge in [-0.15, -0.1) is 0 Å². The zero-order valence-electron chi connectivity index (χ0n) is 37.2. The van der Waals surface area contributed by atoms with Gasteiger partial charge >= 0.3 is 0 Å². The smallest absolute Gasteiger partial charge is 0.262 e. The minimum atomic E-state index is -0.972. The first kappa shape index (κ1) is 43.1. The molecule has 5 aliphatic rings. The van der Waals surface area contributed by atoms with Gasteiger partial charge in [-0.3, -0.25) is 43.9 Å². The van der Waals surface area contributed by atoms with E-state index < -0.39 is 35.1 Å². The fraction of sp³-hybridized carbons (Fsp3) is 0.471. The van der Waals surface area contributed by atoms with Gasteiger partial charge in [-0.05, 0) is 85.9 Å². The molecule has 3 aromatic carbocycles. The van der Waals surface area contributed by atoms with E-state index in [2.05, 4.69) is 57.8 Å². The number of ketones is 1. The van der Waals surface area contributed by atoms with Crippen LogP contribution in [0, 0.1) is 6.57 Å². The van der Waals surface area contributed by atoms with Crippen molar-refractivity contribution >= 4 is 57.6 Å². The standard InChI is InChI=1S/C51H57N7O6/c1-5-31-28-37-38(51(2,3)47-45(46(37)61)35-17-16-33(52-4)29-39(35)53-47)30-41(31)56-22-20-34(21-23-56)55-24-26-57(27-25-55)43(60)15-10-8-6-7-9-12-32-13-11-14-36-44(32)50(64)58(49(36)63)40-18-19-42(59)54-48(40)62/h11,13-14,16-17,28-30,34,40,53H,5-10,12,15,18-27H2,1-3H3,(H,54,59,62). The molecule has 5 heterocycles. The molecule has 5 amide bonds. The second-order valence-corrected chi connectivity index (χ2v) is 18.7. The highest BCUT2D eigenvalue weighted by Crippen LogP contribution is 2.46. The summed E-state index contributed by atoms with van der Waals surface area (Å²) >= 11 is 0. The first-order chi connectivity index (χ1) is 30.9. The maximum Gasteiger partial charge on any atom is 0.262 e. The summed E-state index contributed by atoms with van der Waals surface area (Å²) in [5.41, 5.74) is 8.34. The molecule has 0 radical (unpaired) electrons. The van der Waals surface area contributed by atoms with Crippen LogP contribution < -0.4 is 10.2 Å². The Morgan fingerprint density at radius 1 is 0.812 bits per heavy atom. The van der Waals surface area contributed by atoms with Gasteiger partial charge in [0.25, 0.3) is 11.8 Å². The number of benzene rings is 3. The molecule has 332 valence electrons. The summed E-state index contributed by atoms with van der Waals surface area (Å²) in [6, 6.07) is 14.7. The minimum Gasteiger partial charge on any atom is -0.371 e. The number of aromatic nitrogens is 1. The number of unbranched alkanes of at least 4 members (excludes halogenated alkanes) is 4. The van der Waals surface area contributed by atoms with Crippen LogP contribution in [0.3, 0.4) is 0 Å². The van der Waals surface area contributed by atoms with Crippen molar-refractivity contribution in [1.82, 2.24) is 25.0 Å². The number of carbonyl (C=O) groups is 6. The fourth-order valence-electron chi connectivity index (χ4n) is 11.0. The van der Waals surface area contributed by atoms with Gasteiger partial charge in [0.15, 0.2) is 11.5 Å². The number of hydrogen-bond acceptors (Lipinski definition) is 8. The number of carbonyl (C=O) groups excluding carboxylic acids is 6. The fourth-order valence-corrected chi connectivity index (χ4v) is 11.0. The molecule has 0 saturated carbocycles. The van der Waals surface area contributed by atoms with Crippen LogP contribution in [0.15, 0.2) is 48.5 Å². The van der Waals surface area contributed by atoms with E-state index in [4.69, 9.17) is 6.57 Å². The molecule has 0 bridgehead atoms. The molecular formula is C51H57N7O6. The lowest BCUT2D eigenvalue weighted by molar-refractivity contribution is -0.136. The van der Waals surface area contributed by atoms with Gasteiger partial charge in [0.05, 0.1) is 23.3 Å². The average molecular weight is 864 g/mol. The van der Waals surface area contributed by atoms with Crippen LogP contribution in [0.5, 0.6) is 0 Å². The number of rotatable bonds is 12. The predicted molar refractivity (Wildman–Crippen MR) is 244 cm³/mol. The number of piperazine rings is 1. The lowest BCUT2D eigenvalue weighted by Gasteiger charge is -2.44. The molecule has 1 aliphatic carbocycles. The molecule has 1 atom stereocenters. The van der Waals surface area contributed by atoms with Gasteiger partial charge in [-0.1, -0.05) is 64.3 Å². The van der Waals surface area contributed by atoms with E-state index in [-0.39, 0.29) is 24.5 Å². The first-order valence-electron chi connectivity index (χ1n) is 23.3. The summed E-state index contributed by atoms with van der Waals surface area (Å²) in [6.45, 7) is 19.2. The van der Waals surface area contributed by atoms with E-state index in [1.165, 1.54) is 11.3 Å². The summed E-state index contributed by atoms with van der Waals surface area (Å²) in [4.78, 5) is 93.3. The summed E-state index contributed by atoms with van der Waals surface area (Å²) in [5, 5.41) is 3.12. The van der Waals surface area contributed by atoms with Crippen molar-refractivity contribution in [3.8, 4) is 0 Å². The van der Waals surface area contributed by atoms with Gasteiger partial charge < -0.3 is 14.8 Å².